The molecule has 0 aliphatic rings. The van der Waals surface area contributed by atoms with E-state index in [2.05, 4.69) is 70.1 Å². The molecule has 0 amide bonds. The molecule has 0 heterocycles. The molecule has 0 radical (unpaired) electrons. The van der Waals surface area contributed by atoms with Crippen LogP contribution in [-0.2, 0) is 11.7 Å². The second kappa shape index (κ2) is 7.47. The number of nitrogens with zero attached hydrogens (tertiary/aromatic N) is 1. The smallest absolute Gasteiger partial charge is 0.119 e. The van der Waals surface area contributed by atoms with Gasteiger partial charge in [0.25, 0.3) is 0 Å². The number of phenols is 1. The molecule has 3 heteroatoms. The third kappa shape index (κ3) is 4.34. The summed E-state index contributed by atoms with van der Waals surface area (Å²) in [6, 6.07) is 14.6. The highest BCUT2D eigenvalue weighted by Crippen LogP contribution is 2.47. The number of aromatic hydroxyl groups is 1. The Kier molecular flexibility index (Phi) is 5.84. The van der Waals surface area contributed by atoms with Crippen LogP contribution in [0.1, 0.15) is 37.0 Å². The fourth-order valence-corrected chi connectivity index (χ4v) is 4.46. The Morgan fingerprint density at radius 1 is 1.13 bits per heavy atom. The zero-order valence-corrected chi connectivity index (χ0v) is 15.9. The molecule has 124 valence electrons. The SMILES string of the molecule is CCC(C)(Pc1ccccc1CN(C)C)c1cc(C)ccc1O. The molecule has 0 bridgehead atoms. The lowest BCUT2D eigenvalue weighted by Crippen LogP contribution is -2.22. The van der Waals surface area contributed by atoms with Crippen LogP contribution in [0.5, 0.6) is 5.75 Å². The predicted octanol–water partition coefficient (Wildman–Crippen LogP) is 4.39. The quantitative estimate of drug-likeness (QED) is 0.795. The molecule has 2 unspecified atom stereocenters. The molecule has 0 aromatic heterocycles. The molecule has 1 N–H and O–H groups in total. The van der Waals surface area contributed by atoms with Gasteiger partial charge in [-0.05, 0) is 44.4 Å². The Morgan fingerprint density at radius 2 is 1.83 bits per heavy atom. The van der Waals surface area contributed by atoms with Crippen LogP contribution in [0.2, 0.25) is 0 Å². The molecule has 2 nitrogen and oxygen atoms in total. The third-order valence-corrected chi connectivity index (χ3v) is 6.30. The van der Waals surface area contributed by atoms with E-state index in [0.29, 0.717) is 14.3 Å². The van der Waals surface area contributed by atoms with Crippen LogP contribution >= 0.6 is 8.58 Å². The largest absolute Gasteiger partial charge is 0.508 e. The van der Waals surface area contributed by atoms with Crippen molar-refractivity contribution in [3.8, 4) is 5.75 Å². The van der Waals surface area contributed by atoms with E-state index in [9.17, 15) is 5.11 Å². The number of hydrogen-bond acceptors (Lipinski definition) is 2. The highest BCUT2D eigenvalue weighted by atomic mass is 31.1. The minimum atomic E-state index is -0.0431. The highest BCUT2D eigenvalue weighted by Gasteiger charge is 2.29. The summed E-state index contributed by atoms with van der Waals surface area (Å²) in [6.45, 7) is 7.51. The maximum absolute atomic E-state index is 10.4. The molecule has 2 aromatic carbocycles. The zero-order valence-electron chi connectivity index (χ0n) is 14.9. The van der Waals surface area contributed by atoms with Crippen molar-refractivity contribution in [3.05, 3.63) is 59.2 Å². The zero-order chi connectivity index (χ0) is 17.0. The molecule has 23 heavy (non-hydrogen) atoms. The van der Waals surface area contributed by atoms with Gasteiger partial charge < -0.3 is 10.0 Å². The maximum Gasteiger partial charge on any atom is 0.119 e. The first-order chi connectivity index (χ1) is 10.9. The maximum atomic E-state index is 10.4. The van der Waals surface area contributed by atoms with E-state index in [1.54, 1.807) is 0 Å². The van der Waals surface area contributed by atoms with E-state index in [1.165, 1.54) is 16.4 Å². The first-order valence-corrected chi connectivity index (χ1v) is 9.16. The Morgan fingerprint density at radius 3 is 2.48 bits per heavy atom. The van der Waals surface area contributed by atoms with Crippen LogP contribution in [0.25, 0.3) is 0 Å². The normalized spacial score (nSPS) is 14.5. The van der Waals surface area contributed by atoms with Crippen molar-refractivity contribution in [2.75, 3.05) is 14.1 Å². The first kappa shape index (κ1) is 18.0. The molecule has 0 saturated heterocycles. The molecule has 0 saturated carbocycles. The summed E-state index contributed by atoms with van der Waals surface area (Å²) in [5.41, 5.74) is 3.64. The van der Waals surface area contributed by atoms with Crippen molar-refractivity contribution in [1.29, 1.82) is 0 Å². The second-order valence-electron chi connectivity index (χ2n) is 6.73. The second-order valence-corrected chi connectivity index (χ2v) is 8.62. The van der Waals surface area contributed by atoms with Crippen molar-refractivity contribution in [2.45, 2.75) is 38.9 Å². The lowest BCUT2D eigenvalue weighted by atomic mass is 9.95. The number of aryl methyl sites for hydroxylation is 1. The summed E-state index contributed by atoms with van der Waals surface area (Å²) in [5, 5.41) is 11.7. The van der Waals surface area contributed by atoms with Gasteiger partial charge >= 0.3 is 0 Å². The Hall–Kier alpha value is -1.37. The standard InChI is InChI=1S/C20H28NOP/c1-6-20(3,17-13-15(2)11-12-18(17)22)23-19-10-8-7-9-16(19)14-21(4)5/h7-13,22-23H,6,14H2,1-5H3. The van der Waals surface area contributed by atoms with Crippen molar-refractivity contribution >= 4 is 13.9 Å². The summed E-state index contributed by atoms with van der Waals surface area (Å²) >= 11 is 0. The van der Waals surface area contributed by atoms with E-state index in [1.807, 2.05) is 12.1 Å². The van der Waals surface area contributed by atoms with E-state index in [-0.39, 0.29) is 5.16 Å². The number of rotatable bonds is 6. The molecule has 2 rings (SSSR count). The molecule has 0 aliphatic heterocycles. The summed E-state index contributed by atoms with van der Waals surface area (Å²) < 4.78 is 0. The fraction of sp³-hybridized carbons (Fsp3) is 0.400. The monoisotopic (exact) mass is 329 g/mol. The molecular formula is C20H28NOP. The van der Waals surface area contributed by atoms with E-state index in [4.69, 9.17) is 0 Å². The fourth-order valence-electron chi connectivity index (χ4n) is 2.86. The van der Waals surface area contributed by atoms with Crippen LogP contribution in [0.3, 0.4) is 0 Å². The lowest BCUT2D eigenvalue weighted by Gasteiger charge is -2.31. The van der Waals surface area contributed by atoms with Gasteiger partial charge in [-0.2, -0.15) is 0 Å². The summed E-state index contributed by atoms with van der Waals surface area (Å²) in [4.78, 5) is 2.21. The third-order valence-electron chi connectivity index (χ3n) is 4.37. The van der Waals surface area contributed by atoms with Gasteiger partial charge in [-0.3, -0.25) is 0 Å². The van der Waals surface area contributed by atoms with Crippen LogP contribution in [-0.4, -0.2) is 24.1 Å². The summed E-state index contributed by atoms with van der Waals surface area (Å²) in [7, 11) is 4.84. The Bertz CT molecular complexity index is 668. The van der Waals surface area contributed by atoms with Gasteiger partial charge in [0, 0.05) is 17.3 Å². The summed E-state index contributed by atoms with van der Waals surface area (Å²) in [6.07, 6.45) is 0.999. The minimum Gasteiger partial charge on any atom is -0.508 e. The van der Waals surface area contributed by atoms with Gasteiger partial charge in [0.05, 0.1) is 0 Å². The molecule has 2 atom stereocenters. The van der Waals surface area contributed by atoms with Crippen LogP contribution in [0.15, 0.2) is 42.5 Å². The van der Waals surface area contributed by atoms with Crippen LogP contribution < -0.4 is 5.30 Å². The van der Waals surface area contributed by atoms with Crippen LogP contribution in [0.4, 0.5) is 0 Å². The molecule has 0 aliphatic carbocycles. The average molecular weight is 329 g/mol. The van der Waals surface area contributed by atoms with Gasteiger partial charge in [0.1, 0.15) is 5.75 Å². The lowest BCUT2D eigenvalue weighted by molar-refractivity contribution is 0.403. The van der Waals surface area contributed by atoms with Crippen LogP contribution in [0, 0.1) is 6.92 Å². The molecular weight excluding hydrogens is 301 g/mol. The van der Waals surface area contributed by atoms with Gasteiger partial charge in [-0.25, -0.2) is 0 Å². The molecule has 0 fully saturated rings. The Balaban J connectivity index is 2.41. The Labute approximate surface area is 142 Å². The molecule has 2 aromatic rings. The van der Waals surface area contributed by atoms with Crippen molar-refractivity contribution in [1.82, 2.24) is 4.90 Å². The summed E-state index contributed by atoms with van der Waals surface area (Å²) in [5.74, 6) is 0.414. The van der Waals surface area contributed by atoms with Gasteiger partial charge in [-0.1, -0.05) is 64.4 Å². The van der Waals surface area contributed by atoms with Gasteiger partial charge in [0.2, 0.25) is 0 Å². The van der Waals surface area contributed by atoms with E-state index < -0.39 is 0 Å². The number of benzene rings is 2. The van der Waals surface area contributed by atoms with Crippen molar-refractivity contribution in [2.24, 2.45) is 0 Å². The van der Waals surface area contributed by atoms with Gasteiger partial charge in [-0.15, -0.1) is 0 Å². The van der Waals surface area contributed by atoms with Gasteiger partial charge in [0.15, 0.2) is 0 Å². The average Bonchev–Trinajstić information content (AvgIpc) is 2.51. The predicted molar refractivity (Wildman–Crippen MR) is 102 cm³/mol. The van der Waals surface area contributed by atoms with Crippen molar-refractivity contribution in [3.63, 3.8) is 0 Å². The molecule has 0 spiro atoms. The van der Waals surface area contributed by atoms with Crippen molar-refractivity contribution < 1.29 is 5.11 Å². The topological polar surface area (TPSA) is 23.5 Å². The number of phenolic OH excluding ortho intramolecular Hbond substituents is 1. The number of hydrogen-bond donors (Lipinski definition) is 1. The first-order valence-electron chi connectivity index (χ1n) is 8.16. The van der Waals surface area contributed by atoms with E-state index in [0.717, 1.165) is 18.5 Å². The minimum absolute atomic E-state index is 0.0431. The van der Waals surface area contributed by atoms with E-state index >= 15 is 0 Å². The highest BCUT2D eigenvalue weighted by molar-refractivity contribution is 7.48.